The van der Waals surface area contributed by atoms with Crippen LogP contribution in [-0.4, -0.2) is 42.9 Å². The summed E-state index contributed by atoms with van der Waals surface area (Å²) in [6.45, 7) is 5.12. The first-order chi connectivity index (χ1) is 11.1. The molecular formula is C16H20ClN3O3S. The Morgan fingerprint density at radius 2 is 2.17 bits per heavy atom. The molecule has 0 spiro atoms. The van der Waals surface area contributed by atoms with Gasteiger partial charge >= 0.3 is 0 Å². The third-order valence-electron chi connectivity index (χ3n) is 3.72. The molecule has 0 atom stereocenters. The van der Waals surface area contributed by atoms with E-state index in [1.165, 1.54) is 17.6 Å². The summed E-state index contributed by atoms with van der Waals surface area (Å²) in [7, 11) is 0. The van der Waals surface area contributed by atoms with Gasteiger partial charge in [0.2, 0.25) is 0 Å². The number of halogens is 1. The minimum Gasteiger partial charge on any atom is -0.459 e. The molecule has 8 heteroatoms. The average molecular weight is 370 g/mol. The maximum Gasteiger partial charge on any atom is 0.291 e. The molecule has 0 radical (unpaired) electrons. The first kappa shape index (κ1) is 18.5. The van der Waals surface area contributed by atoms with Crippen LogP contribution in [0.15, 0.2) is 28.9 Å². The van der Waals surface area contributed by atoms with Gasteiger partial charge in [-0.25, -0.2) is 0 Å². The van der Waals surface area contributed by atoms with E-state index in [9.17, 15) is 9.59 Å². The molecule has 0 unspecified atom stereocenters. The van der Waals surface area contributed by atoms with Crippen molar-refractivity contribution in [2.45, 2.75) is 13.3 Å². The maximum atomic E-state index is 12.7. The molecule has 24 heavy (non-hydrogen) atoms. The second kappa shape index (κ2) is 8.32. The number of nitrogens with one attached hydrogen (secondary N) is 2. The molecule has 1 saturated heterocycles. The van der Waals surface area contributed by atoms with Gasteiger partial charge in [0.1, 0.15) is 0 Å². The van der Waals surface area contributed by atoms with Crippen LogP contribution in [0.25, 0.3) is 0 Å². The Hall–Kier alpha value is -1.83. The van der Waals surface area contributed by atoms with Crippen molar-refractivity contribution in [1.82, 2.24) is 10.2 Å². The number of carbonyl (C=O) groups excluding carboxylic acids is 2. The molecule has 0 bridgehead atoms. The number of thiophene rings is 1. The fourth-order valence-electron chi connectivity index (χ4n) is 2.53. The van der Waals surface area contributed by atoms with Crippen LogP contribution in [0.3, 0.4) is 0 Å². The highest BCUT2D eigenvalue weighted by Gasteiger charge is 2.22. The number of aryl methyl sites for hydroxylation is 1. The summed E-state index contributed by atoms with van der Waals surface area (Å²) in [5.41, 5.74) is 0.881. The number of amides is 2. The van der Waals surface area contributed by atoms with Gasteiger partial charge < -0.3 is 20.0 Å². The van der Waals surface area contributed by atoms with Crippen molar-refractivity contribution in [2.75, 3.05) is 31.5 Å². The van der Waals surface area contributed by atoms with E-state index in [-0.39, 0.29) is 30.0 Å². The van der Waals surface area contributed by atoms with Gasteiger partial charge in [-0.05, 0) is 43.7 Å². The van der Waals surface area contributed by atoms with Crippen molar-refractivity contribution in [3.63, 3.8) is 0 Å². The number of furan rings is 1. The van der Waals surface area contributed by atoms with E-state index in [1.807, 2.05) is 17.9 Å². The second-order valence-electron chi connectivity index (χ2n) is 5.45. The standard InChI is InChI=1S/C16H19N3O3S.ClH/c1-11-10-13(18-15(20)12-4-2-9-22-12)23-14(11)16(21)19-7-3-5-17-6-8-19;/h2,4,9-10,17H,3,5-8H2,1H3,(H,18,20);1H. The van der Waals surface area contributed by atoms with Gasteiger partial charge in [-0.2, -0.15) is 0 Å². The molecule has 2 aromatic rings. The molecule has 3 heterocycles. The molecule has 6 nitrogen and oxygen atoms in total. The highest BCUT2D eigenvalue weighted by molar-refractivity contribution is 7.18. The van der Waals surface area contributed by atoms with Gasteiger partial charge in [0.05, 0.1) is 16.1 Å². The van der Waals surface area contributed by atoms with Gasteiger partial charge in [0.25, 0.3) is 11.8 Å². The van der Waals surface area contributed by atoms with Crippen molar-refractivity contribution < 1.29 is 14.0 Å². The van der Waals surface area contributed by atoms with Crippen LogP contribution in [0.5, 0.6) is 0 Å². The first-order valence-corrected chi connectivity index (χ1v) is 8.42. The number of hydrogen-bond acceptors (Lipinski definition) is 5. The van der Waals surface area contributed by atoms with E-state index in [0.29, 0.717) is 16.4 Å². The van der Waals surface area contributed by atoms with Gasteiger partial charge in [-0.3, -0.25) is 9.59 Å². The van der Waals surface area contributed by atoms with Crippen molar-refractivity contribution >= 4 is 40.6 Å². The number of carbonyl (C=O) groups is 2. The van der Waals surface area contributed by atoms with E-state index in [2.05, 4.69) is 10.6 Å². The van der Waals surface area contributed by atoms with E-state index in [0.717, 1.165) is 31.6 Å². The number of nitrogens with zero attached hydrogens (tertiary/aromatic N) is 1. The fraction of sp³-hybridized carbons (Fsp3) is 0.375. The minimum absolute atomic E-state index is 0. The predicted octanol–water partition coefficient (Wildman–Crippen LogP) is 2.76. The lowest BCUT2D eigenvalue weighted by Crippen LogP contribution is -2.34. The third kappa shape index (κ3) is 4.17. The van der Waals surface area contributed by atoms with E-state index < -0.39 is 0 Å². The molecule has 0 aromatic carbocycles. The second-order valence-corrected chi connectivity index (χ2v) is 6.50. The summed E-state index contributed by atoms with van der Waals surface area (Å²) < 4.78 is 5.07. The molecule has 3 rings (SSSR count). The third-order valence-corrected chi connectivity index (χ3v) is 4.86. The highest BCUT2D eigenvalue weighted by Crippen LogP contribution is 2.28. The van der Waals surface area contributed by atoms with Gasteiger partial charge in [-0.1, -0.05) is 0 Å². The summed E-state index contributed by atoms with van der Waals surface area (Å²) in [5.74, 6) is -0.0218. The van der Waals surface area contributed by atoms with Crippen LogP contribution in [0, 0.1) is 6.92 Å². The summed E-state index contributed by atoms with van der Waals surface area (Å²) in [4.78, 5) is 27.2. The van der Waals surface area contributed by atoms with E-state index in [4.69, 9.17) is 4.42 Å². The lowest BCUT2D eigenvalue weighted by atomic mass is 10.2. The molecule has 1 fully saturated rings. The Labute approximate surface area is 150 Å². The Kier molecular flexibility index (Phi) is 6.42. The zero-order valence-corrected chi connectivity index (χ0v) is 15.0. The molecule has 130 valence electrons. The SMILES string of the molecule is Cc1cc(NC(=O)c2ccco2)sc1C(=O)N1CCCNCC1.Cl. The molecule has 0 saturated carbocycles. The minimum atomic E-state index is -0.311. The normalized spacial score (nSPS) is 14.6. The molecule has 1 aliphatic heterocycles. The predicted molar refractivity (Wildman–Crippen MR) is 96.4 cm³/mol. The summed E-state index contributed by atoms with van der Waals surface area (Å²) >= 11 is 1.31. The Morgan fingerprint density at radius 3 is 2.92 bits per heavy atom. The van der Waals surface area contributed by atoms with Crippen LogP contribution in [0.1, 0.15) is 32.2 Å². The Bertz CT molecular complexity index is 691. The van der Waals surface area contributed by atoms with Crippen LogP contribution in [-0.2, 0) is 0 Å². The summed E-state index contributed by atoms with van der Waals surface area (Å²) in [6.07, 6.45) is 2.41. The molecule has 2 amide bonds. The maximum absolute atomic E-state index is 12.7. The zero-order chi connectivity index (χ0) is 16.2. The molecule has 2 aromatic heterocycles. The van der Waals surface area contributed by atoms with Gasteiger partial charge in [0.15, 0.2) is 5.76 Å². The summed E-state index contributed by atoms with van der Waals surface area (Å²) in [6, 6.07) is 5.10. The van der Waals surface area contributed by atoms with Crippen molar-refractivity contribution in [3.8, 4) is 0 Å². The van der Waals surface area contributed by atoms with Crippen LogP contribution < -0.4 is 10.6 Å². The molecular weight excluding hydrogens is 350 g/mol. The number of rotatable bonds is 3. The lowest BCUT2D eigenvalue weighted by molar-refractivity contribution is 0.0770. The Balaban J connectivity index is 0.00000208. The zero-order valence-electron chi connectivity index (χ0n) is 13.3. The largest absolute Gasteiger partial charge is 0.459 e. The average Bonchev–Trinajstić information content (AvgIpc) is 3.10. The molecule has 1 aliphatic rings. The monoisotopic (exact) mass is 369 g/mol. The summed E-state index contributed by atoms with van der Waals surface area (Å²) in [5, 5.41) is 6.72. The van der Waals surface area contributed by atoms with Crippen molar-refractivity contribution in [1.29, 1.82) is 0 Å². The van der Waals surface area contributed by atoms with Gasteiger partial charge in [0, 0.05) is 19.6 Å². The topological polar surface area (TPSA) is 74.6 Å². The smallest absolute Gasteiger partial charge is 0.291 e. The number of anilines is 1. The van der Waals surface area contributed by atoms with Crippen LogP contribution in [0.4, 0.5) is 5.00 Å². The van der Waals surface area contributed by atoms with Crippen LogP contribution in [0.2, 0.25) is 0 Å². The molecule has 0 aliphatic carbocycles. The number of hydrogen-bond donors (Lipinski definition) is 2. The van der Waals surface area contributed by atoms with Gasteiger partial charge in [-0.15, -0.1) is 23.7 Å². The van der Waals surface area contributed by atoms with E-state index >= 15 is 0 Å². The van der Waals surface area contributed by atoms with Crippen LogP contribution >= 0.6 is 23.7 Å². The van der Waals surface area contributed by atoms with E-state index in [1.54, 1.807) is 12.1 Å². The quantitative estimate of drug-likeness (QED) is 0.872. The first-order valence-electron chi connectivity index (χ1n) is 7.60. The molecule has 2 N–H and O–H groups in total. The van der Waals surface area contributed by atoms with Crippen molar-refractivity contribution in [2.24, 2.45) is 0 Å². The fourth-order valence-corrected chi connectivity index (χ4v) is 3.57. The van der Waals surface area contributed by atoms with Crippen molar-refractivity contribution in [3.05, 3.63) is 40.7 Å². The highest BCUT2D eigenvalue weighted by atomic mass is 35.5. The Morgan fingerprint density at radius 1 is 1.33 bits per heavy atom. The lowest BCUT2D eigenvalue weighted by Gasteiger charge is -2.19.